The number of esters is 1. The van der Waals surface area contributed by atoms with Crippen LogP contribution in [0.4, 0.5) is 0 Å². The van der Waals surface area contributed by atoms with Crippen LogP contribution in [0.15, 0.2) is 97.1 Å². The van der Waals surface area contributed by atoms with Crippen LogP contribution in [0.25, 0.3) is 0 Å². The van der Waals surface area contributed by atoms with Gasteiger partial charge in [0.25, 0.3) is 0 Å². The molecule has 0 N–H and O–H groups in total. The molecule has 4 aromatic carbocycles. The average molecular weight is 564 g/mol. The van der Waals surface area contributed by atoms with Crippen LogP contribution in [0.1, 0.15) is 51.9 Å². The second-order valence-electron chi connectivity index (χ2n) is 11.0. The SMILES string of the molecule is CCOC(=O)C(Cc1ccc(OCCN(C)C2c3ccccc3CCc3ccc(Cc4ccccc4)cc32)cc1)OC. The van der Waals surface area contributed by atoms with E-state index in [0.717, 1.165) is 37.1 Å². The third-order valence-corrected chi connectivity index (χ3v) is 8.10. The van der Waals surface area contributed by atoms with Gasteiger partial charge in [-0.15, -0.1) is 0 Å². The predicted molar refractivity (Wildman–Crippen MR) is 167 cm³/mol. The van der Waals surface area contributed by atoms with Gasteiger partial charge >= 0.3 is 5.97 Å². The summed E-state index contributed by atoms with van der Waals surface area (Å²) in [6, 6.07) is 34.7. The molecule has 0 amide bonds. The van der Waals surface area contributed by atoms with Crippen molar-refractivity contribution in [1.82, 2.24) is 4.90 Å². The summed E-state index contributed by atoms with van der Waals surface area (Å²) < 4.78 is 16.6. The molecule has 1 aliphatic rings. The maximum atomic E-state index is 12.1. The van der Waals surface area contributed by atoms with Crippen molar-refractivity contribution in [3.8, 4) is 5.75 Å². The monoisotopic (exact) mass is 563 g/mol. The third-order valence-electron chi connectivity index (χ3n) is 8.10. The zero-order chi connectivity index (χ0) is 29.3. The van der Waals surface area contributed by atoms with Gasteiger partial charge in [-0.2, -0.15) is 0 Å². The molecule has 2 atom stereocenters. The summed E-state index contributed by atoms with van der Waals surface area (Å²) in [5.41, 5.74) is 9.29. The van der Waals surface area contributed by atoms with Gasteiger partial charge < -0.3 is 14.2 Å². The van der Waals surface area contributed by atoms with Gasteiger partial charge in [0, 0.05) is 20.1 Å². The highest BCUT2D eigenvalue weighted by atomic mass is 16.6. The lowest BCUT2D eigenvalue weighted by molar-refractivity contribution is -0.154. The van der Waals surface area contributed by atoms with Gasteiger partial charge in [-0.1, -0.05) is 84.9 Å². The third kappa shape index (κ3) is 7.28. The molecule has 5 rings (SSSR count). The van der Waals surface area contributed by atoms with Crippen molar-refractivity contribution in [3.63, 3.8) is 0 Å². The van der Waals surface area contributed by atoms with Crippen molar-refractivity contribution >= 4 is 5.97 Å². The minimum Gasteiger partial charge on any atom is -0.492 e. The van der Waals surface area contributed by atoms with Crippen molar-refractivity contribution in [3.05, 3.63) is 136 Å². The lowest BCUT2D eigenvalue weighted by Crippen LogP contribution is -2.30. The second-order valence-corrected chi connectivity index (χ2v) is 11.0. The molecular formula is C37H41NO4. The molecule has 0 heterocycles. The topological polar surface area (TPSA) is 48.0 Å². The summed E-state index contributed by atoms with van der Waals surface area (Å²) in [7, 11) is 3.73. The Bertz CT molecular complexity index is 1450. The molecule has 218 valence electrons. The summed E-state index contributed by atoms with van der Waals surface area (Å²) in [6.07, 6.45) is 2.88. The van der Waals surface area contributed by atoms with E-state index < -0.39 is 6.10 Å². The van der Waals surface area contributed by atoms with Crippen LogP contribution in [-0.4, -0.2) is 50.9 Å². The lowest BCUT2D eigenvalue weighted by Gasteiger charge is -2.30. The van der Waals surface area contributed by atoms with E-state index in [2.05, 4.69) is 84.7 Å². The Morgan fingerprint density at radius 3 is 2.26 bits per heavy atom. The number of likely N-dealkylation sites (N-methyl/N-ethyl adjacent to an activating group) is 1. The number of methoxy groups -OCH3 is 1. The van der Waals surface area contributed by atoms with Crippen molar-refractivity contribution < 1.29 is 19.0 Å². The molecule has 0 saturated carbocycles. The summed E-state index contributed by atoms with van der Waals surface area (Å²) in [4.78, 5) is 14.5. The van der Waals surface area contributed by atoms with E-state index in [-0.39, 0.29) is 12.0 Å². The Balaban J connectivity index is 1.28. The van der Waals surface area contributed by atoms with Crippen LogP contribution in [0.3, 0.4) is 0 Å². The number of hydrogen-bond donors (Lipinski definition) is 0. The van der Waals surface area contributed by atoms with Gasteiger partial charge in [0.15, 0.2) is 6.10 Å². The molecule has 0 spiro atoms. The van der Waals surface area contributed by atoms with E-state index in [1.807, 2.05) is 24.3 Å². The molecule has 2 unspecified atom stereocenters. The highest BCUT2D eigenvalue weighted by molar-refractivity contribution is 5.75. The molecule has 0 radical (unpaired) electrons. The fourth-order valence-electron chi connectivity index (χ4n) is 5.88. The highest BCUT2D eigenvalue weighted by Crippen LogP contribution is 2.37. The Morgan fingerprint density at radius 2 is 1.52 bits per heavy atom. The summed E-state index contributed by atoms with van der Waals surface area (Å²) in [6.45, 7) is 3.48. The van der Waals surface area contributed by atoms with Crippen molar-refractivity contribution in [2.45, 2.75) is 44.8 Å². The fraction of sp³-hybridized carbons (Fsp3) is 0.324. The minimum atomic E-state index is -0.607. The van der Waals surface area contributed by atoms with Crippen LogP contribution < -0.4 is 4.74 Å². The Hall–Kier alpha value is -3.93. The number of hydrogen-bond acceptors (Lipinski definition) is 5. The van der Waals surface area contributed by atoms with Crippen molar-refractivity contribution in [2.75, 3.05) is 33.9 Å². The van der Waals surface area contributed by atoms with Gasteiger partial charge in [-0.25, -0.2) is 4.79 Å². The van der Waals surface area contributed by atoms with Gasteiger partial charge in [0.05, 0.1) is 12.6 Å². The summed E-state index contributed by atoms with van der Waals surface area (Å²) >= 11 is 0. The van der Waals surface area contributed by atoms with Gasteiger partial charge in [-0.3, -0.25) is 4.90 Å². The quantitative estimate of drug-likeness (QED) is 0.182. The number of aryl methyl sites for hydroxylation is 2. The van der Waals surface area contributed by atoms with Crippen molar-refractivity contribution in [2.24, 2.45) is 0 Å². The molecule has 5 nitrogen and oxygen atoms in total. The maximum Gasteiger partial charge on any atom is 0.335 e. The van der Waals surface area contributed by atoms with E-state index in [4.69, 9.17) is 14.2 Å². The zero-order valence-corrected chi connectivity index (χ0v) is 24.9. The molecule has 0 saturated heterocycles. The van der Waals surface area contributed by atoms with Crippen LogP contribution in [0.2, 0.25) is 0 Å². The first-order valence-corrected chi connectivity index (χ1v) is 14.9. The van der Waals surface area contributed by atoms with E-state index in [0.29, 0.717) is 19.6 Å². The molecule has 4 aromatic rings. The number of rotatable bonds is 12. The lowest BCUT2D eigenvalue weighted by atomic mass is 9.91. The Kier molecular flexibility index (Phi) is 10.1. The highest BCUT2D eigenvalue weighted by Gasteiger charge is 2.27. The predicted octanol–water partition coefficient (Wildman–Crippen LogP) is 6.60. The van der Waals surface area contributed by atoms with Gasteiger partial charge in [-0.05, 0) is 84.3 Å². The fourth-order valence-corrected chi connectivity index (χ4v) is 5.88. The smallest absolute Gasteiger partial charge is 0.335 e. The number of benzene rings is 4. The molecule has 0 aromatic heterocycles. The normalized spacial score (nSPS) is 14.9. The number of fused-ring (bicyclic) bond motifs is 2. The maximum absolute atomic E-state index is 12.1. The second kappa shape index (κ2) is 14.3. The summed E-state index contributed by atoms with van der Waals surface area (Å²) in [5.74, 6) is 0.473. The molecule has 0 fully saturated rings. The molecule has 42 heavy (non-hydrogen) atoms. The largest absolute Gasteiger partial charge is 0.492 e. The Labute approximate surface area is 250 Å². The Morgan fingerprint density at radius 1 is 0.833 bits per heavy atom. The first-order valence-electron chi connectivity index (χ1n) is 14.9. The van der Waals surface area contributed by atoms with Crippen LogP contribution in [0, 0.1) is 0 Å². The minimum absolute atomic E-state index is 0.161. The standard InChI is InChI=1S/C37H41NO4/c1-4-41-37(39)35(40-3)26-28-15-20-32(21-16-28)42-23-22-38(2)36-33-13-9-8-12-30(33)18-19-31-17-14-29(25-34(31)36)24-27-10-6-5-7-11-27/h5-17,20-21,25,35-36H,4,18-19,22-24,26H2,1-3H3. The van der Waals surface area contributed by atoms with E-state index >= 15 is 0 Å². The number of nitrogens with zero attached hydrogens (tertiary/aromatic N) is 1. The van der Waals surface area contributed by atoms with Crippen LogP contribution in [0.5, 0.6) is 5.75 Å². The van der Waals surface area contributed by atoms with E-state index in [9.17, 15) is 4.79 Å². The molecule has 1 aliphatic carbocycles. The molecule has 0 aliphatic heterocycles. The molecule has 0 bridgehead atoms. The number of carbonyl (C=O) groups excluding carboxylic acids is 1. The van der Waals surface area contributed by atoms with Gasteiger partial charge in [0.1, 0.15) is 12.4 Å². The first kappa shape index (κ1) is 29.6. The average Bonchev–Trinajstić information content (AvgIpc) is 3.18. The van der Waals surface area contributed by atoms with Gasteiger partial charge in [0.2, 0.25) is 0 Å². The number of ether oxygens (including phenoxy) is 3. The summed E-state index contributed by atoms with van der Waals surface area (Å²) in [5, 5.41) is 0. The van der Waals surface area contributed by atoms with Crippen LogP contribution >= 0.6 is 0 Å². The molecule has 5 heteroatoms. The zero-order valence-electron chi connectivity index (χ0n) is 24.9. The van der Waals surface area contributed by atoms with E-state index in [1.165, 1.54) is 40.5 Å². The first-order chi connectivity index (χ1) is 20.6. The molecular weight excluding hydrogens is 522 g/mol. The van der Waals surface area contributed by atoms with E-state index in [1.54, 1.807) is 6.92 Å². The van der Waals surface area contributed by atoms with Crippen LogP contribution in [-0.2, 0) is 40.0 Å². The van der Waals surface area contributed by atoms with Crippen molar-refractivity contribution in [1.29, 1.82) is 0 Å². The number of carbonyl (C=O) groups is 1.